The Morgan fingerprint density at radius 3 is 2.57 bits per heavy atom. The maximum absolute atomic E-state index is 14.4. The normalized spacial score (nSPS) is 12.5. The minimum atomic E-state index is -4.63. The van der Waals surface area contributed by atoms with Gasteiger partial charge in [-0.05, 0) is 36.8 Å². The first-order valence-corrected chi connectivity index (χ1v) is 8.66. The molecule has 0 radical (unpaired) electrons. The third-order valence-corrected chi connectivity index (χ3v) is 5.00. The van der Waals surface area contributed by atoms with Gasteiger partial charge in [0.25, 0.3) is 5.91 Å². The molecule has 0 fully saturated rings. The molecule has 146 valence electrons. The lowest BCUT2D eigenvalue weighted by Crippen LogP contribution is -2.21. The first-order chi connectivity index (χ1) is 13.1. The average molecular weight is 412 g/mol. The zero-order chi connectivity index (χ0) is 20.6. The van der Waals surface area contributed by atoms with Crippen LogP contribution in [0.3, 0.4) is 0 Å². The van der Waals surface area contributed by atoms with Gasteiger partial charge in [0.1, 0.15) is 12.4 Å². The number of carbonyl (C=O) groups is 2. The molecular weight excluding hydrogens is 400 g/mol. The Balaban J connectivity index is 2.17. The van der Waals surface area contributed by atoms with E-state index >= 15 is 0 Å². The van der Waals surface area contributed by atoms with Gasteiger partial charge in [0.05, 0.1) is 15.8 Å². The molecule has 0 saturated heterocycles. The molecule has 0 aliphatic carbocycles. The molecule has 0 unspecified atom stereocenters. The van der Waals surface area contributed by atoms with E-state index in [-0.39, 0.29) is 20.6 Å². The molecule has 0 saturated carbocycles. The molecule has 0 atom stereocenters. The zero-order valence-electron chi connectivity index (χ0n) is 14.2. The van der Waals surface area contributed by atoms with Gasteiger partial charge in [0.15, 0.2) is 4.80 Å². The summed E-state index contributed by atoms with van der Waals surface area (Å²) in [6, 6.07) is 6.68. The Labute approximate surface area is 159 Å². The summed E-state index contributed by atoms with van der Waals surface area (Å²) in [7, 11) is 0. The molecule has 5 nitrogen and oxygen atoms in total. The van der Waals surface area contributed by atoms with E-state index in [4.69, 9.17) is 5.11 Å². The minimum absolute atomic E-state index is 0.108. The van der Waals surface area contributed by atoms with Crippen LogP contribution < -0.4 is 4.80 Å². The molecule has 0 aliphatic rings. The van der Waals surface area contributed by atoms with E-state index in [0.29, 0.717) is 11.6 Å². The van der Waals surface area contributed by atoms with Crippen LogP contribution in [0.4, 0.5) is 17.6 Å². The lowest BCUT2D eigenvalue weighted by atomic mass is 10.1. The van der Waals surface area contributed by atoms with Crippen molar-refractivity contribution >= 4 is 33.4 Å². The molecule has 0 bridgehead atoms. The van der Waals surface area contributed by atoms with Crippen molar-refractivity contribution in [3.63, 3.8) is 0 Å². The number of thiazole rings is 1. The summed E-state index contributed by atoms with van der Waals surface area (Å²) in [6.07, 6.45) is -4.63. The second-order valence-electron chi connectivity index (χ2n) is 5.90. The first kappa shape index (κ1) is 19.7. The van der Waals surface area contributed by atoms with Crippen molar-refractivity contribution in [3.8, 4) is 0 Å². The topological polar surface area (TPSA) is 71.7 Å². The highest BCUT2D eigenvalue weighted by Gasteiger charge is 2.30. The summed E-state index contributed by atoms with van der Waals surface area (Å²) in [6.45, 7) is 0.942. The second kappa shape index (κ2) is 7.19. The Bertz CT molecular complexity index is 1160. The molecule has 10 heteroatoms. The van der Waals surface area contributed by atoms with Crippen LogP contribution >= 0.6 is 11.3 Å². The number of alkyl halides is 3. The minimum Gasteiger partial charge on any atom is -0.480 e. The van der Waals surface area contributed by atoms with Gasteiger partial charge in [0, 0.05) is 5.56 Å². The standard InChI is InChI=1S/C18H12F4N2O3S/c1-9-5-6-12-15(14(9)19)28-17(24(12)8-13(25)26)23-16(27)10-3-2-4-11(7-10)18(20,21)22/h2-7H,8H2,1H3,(H,25,26)/b23-17-. The van der Waals surface area contributed by atoms with Crippen LogP contribution in [-0.2, 0) is 17.5 Å². The summed E-state index contributed by atoms with van der Waals surface area (Å²) < 4.78 is 54.1. The maximum Gasteiger partial charge on any atom is 0.416 e. The van der Waals surface area contributed by atoms with Gasteiger partial charge >= 0.3 is 12.1 Å². The fourth-order valence-corrected chi connectivity index (χ4v) is 3.67. The lowest BCUT2D eigenvalue weighted by molar-refractivity contribution is -0.138. The van der Waals surface area contributed by atoms with Crippen LogP contribution in [0.1, 0.15) is 21.5 Å². The predicted molar refractivity (Wildman–Crippen MR) is 93.5 cm³/mol. The Hall–Kier alpha value is -3.01. The van der Waals surface area contributed by atoms with E-state index in [2.05, 4.69) is 4.99 Å². The lowest BCUT2D eigenvalue weighted by Gasteiger charge is -2.06. The number of carboxylic acid groups (broad SMARTS) is 1. The molecule has 0 aliphatic heterocycles. The smallest absolute Gasteiger partial charge is 0.416 e. The fourth-order valence-electron chi connectivity index (χ4n) is 2.55. The van der Waals surface area contributed by atoms with E-state index in [1.165, 1.54) is 25.1 Å². The van der Waals surface area contributed by atoms with Crippen molar-refractivity contribution in [3.05, 3.63) is 63.7 Å². The highest BCUT2D eigenvalue weighted by molar-refractivity contribution is 7.16. The van der Waals surface area contributed by atoms with Crippen LogP contribution in [0.25, 0.3) is 10.2 Å². The number of halogens is 4. The number of fused-ring (bicyclic) bond motifs is 1. The van der Waals surface area contributed by atoms with Crippen molar-refractivity contribution in [2.24, 2.45) is 4.99 Å². The maximum atomic E-state index is 14.4. The van der Waals surface area contributed by atoms with E-state index in [9.17, 15) is 27.2 Å². The van der Waals surface area contributed by atoms with Gasteiger partial charge in [-0.15, -0.1) is 0 Å². The number of rotatable bonds is 3. The van der Waals surface area contributed by atoms with Gasteiger partial charge in [-0.1, -0.05) is 23.5 Å². The highest BCUT2D eigenvalue weighted by Crippen LogP contribution is 2.29. The van der Waals surface area contributed by atoms with Gasteiger partial charge in [-0.2, -0.15) is 18.2 Å². The third-order valence-electron chi connectivity index (χ3n) is 3.91. The average Bonchev–Trinajstić information content (AvgIpc) is 2.95. The van der Waals surface area contributed by atoms with Gasteiger partial charge in [0.2, 0.25) is 0 Å². The fraction of sp³-hybridized carbons (Fsp3) is 0.167. The number of aryl methyl sites for hydroxylation is 1. The van der Waals surface area contributed by atoms with Gasteiger partial charge in [-0.3, -0.25) is 9.59 Å². The number of carbonyl (C=O) groups excluding carboxylic acids is 1. The summed E-state index contributed by atoms with van der Waals surface area (Å²) >= 11 is 0.754. The van der Waals surface area contributed by atoms with E-state index in [1.54, 1.807) is 0 Å². The summed E-state index contributed by atoms with van der Waals surface area (Å²) in [5.41, 5.74) is -0.770. The number of carboxylic acids is 1. The largest absolute Gasteiger partial charge is 0.480 e. The van der Waals surface area contributed by atoms with Crippen molar-refractivity contribution in [1.82, 2.24) is 4.57 Å². The van der Waals surface area contributed by atoms with Gasteiger partial charge < -0.3 is 9.67 Å². The number of hydrogen-bond acceptors (Lipinski definition) is 3. The van der Waals surface area contributed by atoms with E-state index < -0.39 is 36.0 Å². The predicted octanol–water partition coefficient (Wildman–Crippen LogP) is 3.99. The number of hydrogen-bond donors (Lipinski definition) is 1. The van der Waals surface area contributed by atoms with Crippen molar-refractivity contribution in [2.45, 2.75) is 19.6 Å². The number of benzene rings is 2. The first-order valence-electron chi connectivity index (χ1n) is 7.84. The van der Waals surface area contributed by atoms with Crippen LogP contribution in [0.2, 0.25) is 0 Å². The quantitative estimate of drug-likeness (QED) is 0.661. The SMILES string of the molecule is Cc1ccc2c(s/c(=N\C(=O)c3cccc(C(F)(F)F)c3)n2CC(=O)O)c1F. The molecule has 1 N–H and O–H groups in total. The highest BCUT2D eigenvalue weighted by atomic mass is 32.1. The molecule has 1 amide bonds. The Morgan fingerprint density at radius 1 is 1.21 bits per heavy atom. The van der Waals surface area contributed by atoms with Crippen LogP contribution in [0.5, 0.6) is 0 Å². The van der Waals surface area contributed by atoms with Crippen molar-refractivity contribution in [1.29, 1.82) is 0 Å². The van der Waals surface area contributed by atoms with Crippen LogP contribution in [0.15, 0.2) is 41.4 Å². The zero-order valence-corrected chi connectivity index (χ0v) is 15.1. The van der Waals surface area contributed by atoms with Crippen LogP contribution in [0, 0.1) is 12.7 Å². The van der Waals surface area contributed by atoms with Crippen LogP contribution in [-0.4, -0.2) is 21.6 Å². The second-order valence-corrected chi connectivity index (χ2v) is 6.88. The van der Waals surface area contributed by atoms with E-state index in [1.807, 2.05) is 0 Å². The third kappa shape index (κ3) is 3.81. The summed E-state index contributed by atoms with van der Waals surface area (Å²) in [5.74, 6) is -2.81. The van der Waals surface area contributed by atoms with Gasteiger partial charge in [-0.25, -0.2) is 4.39 Å². The molecule has 28 heavy (non-hydrogen) atoms. The monoisotopic (exact) mass is 412 g/mol. The number of nitrogens with zero attached hydrogens (tertiary/aromatic N) is 2. The Morgan fingerprint density at radius 2 is 1.93 bits per heavy atom. The molecular formula is C18H12F4N2O3S. The molecule has 0 spiro atoms. The van der Waals surface area contributed by atoms with Crippen molar-refractivity contribution < 1.29 is 32.3 Å². The molecule has 3 aromatic rings. The van der Waals surface area contributed by atoms with Crippen molar-refractivity contribution in [2.75, 3.05) is 0 Å². The summed E-state index contributed by atoms with van der Waals surface area (Å²) in [5, 5.41) is 9.11. The van der Waals surface area contributed by atoms with E-state index in [0.717, 1.165) is 28.0 Å². The summed E-state index contributed by atoms with van der Waals surface area (Å²) in [4.78, 5) is 27.2. The Kier molecular flexibility index (Phi) is 5.07. The number of amides is 1. The molecule has 3 rings (SSSR count). The number of aliphatic carboxylic acids is 1. The molecule has 1 heterocycles. The molecule has 1 aromatic heterocycles. The number of aromatic nitrogens is 1. The molecule has 2 aromatic carbocycles.